The zero-order valence-electron chi connectivity index (χ0n) is 16.5. The lowest BCUT2D eigenvalue weighted by Gasteiger charge is -2.18. The topological polar surface area (TPSA) is 104 Å². The van der Waals surface area contributed by atoms with Crippen molar-refractivity contribution in [3.05, 3.63) is 29.3 Å². The molecule has 2 aliphatic heterocycles. The zero-order chi connectivity index (χ0) is 20.6. The molecule has 29 heavy (non-hydrogen) atoms. The summed E-state index contributed by atoms with van der Waals surface area (Å²) in [7, 11) is 0. The molecule has 2 aliphatic rings. The van der Waals surface area contributed by atoms with Crippen molar-refractivity contribution in [3.63, 3.8) is 0 Å². The van der Waals surface area contributed by atoms with Crippen LogP contribution in [0.15, 0.2) is 28.4 Å². The minimum atomic E-state index is -1.02. The Morgan fingerprint density at radius 2 is 2.21 bits per heavy atom. The maximum Gasteiger partial charge on any atom is 0.305 e. The van der Waals surface area contributed by atoms with Crippen LogP contribution in [0.3, 0.4) is 0 Å². The standard InChI is InChI=1S/C20H26N4O4S/c1-2-9-28-16-6-5-14(10-15(16)13-24-7-3-4-8-24)12-21-23-20-22-19(27)17(29-20)11-18(25)26/h5-6,10,12,17H,2-4,7-9,11,13H2,1H3,(H,25,26)(H,22,23,27). The van der Waals surface area contributed by atoms with Crippen LogP contribution in [0.2, 0.25) is 0 Å². The number of amides is 1. The molecule has 1 atom stereocenters. The predicted octanol–water partition coefficient (Wildman–Crippen LogP) is 2.47. The van der Waals surface area contributed by atoms with Crippen LogP contribution in [0.4, 0.5) is 0 Å². The Morgan fingerprint density at radius 1 is 1.41 bits per heavy atom. The molecule has 2 saturated heterocycles. The lowest BCUT2D eigenvalue weighted by Crippen LogP contribution is -2.26. The highest BCUT2D eigenvalue weighted by atomic mass is 32.2. The van der Waals surface area contributed by atoms with Crippen molar-refractivity contribution in [2.75, 3.05) is 19.7 Å². The van der Waals surface area contributed by atoms with Crippen molar-refractivity contribution < 1.29 is 19.4 Å². The zero-order valence-corrected chi connectivity index (χ0v) is 17.3. The van der Waals surface area contributed by atoms with Crippen molar-refractivity contribution in [2.45, 2.75) is 44.4 Å². The average Bonchev–Trinajstić information content (AvgIpc) is 3.31. The van der Waals surface area contributed by atoms with Gasteiger partial charge in [0.15, 0.2) is 5.17 Å². The van der Waals surface area contributed by atoms with E-state index in [1.807, 2.05) is 12.1 Å². The normalized spacial score (nSPS) is 21.2. The number of rotatable bonds is 9. The first-order valence-electron chi connectivity index (χ1n) is 9.83. The SMILES string of the molecule is CCCOc1ccc(C=NN=C2NC(=O)C(CC(=O)O)S2)cc1CN1CCCC1. The molecule has 8 nitrogen and oxygen atoms in total. The second kappa shape index (κ2) is 10.4. The van der Waals surface area contributed by atoms with Crippen LogP contribution in [0.25, 0.3) is 0 Å². The number of nitrogens with zero attached hydrogens (tertiary/aromatic N) is 3. The minimum absolute atomic E-state index is 0.238. The summed E-state index contributed by atoms with van der Waals surface area (Å²) < 4.78 is 5.90. The number of nitrogens with one attached hydrogen (secondary N) is 1. The molecule has 9 heteroatoms. The summed E-state index contributed by atoms with van der Waals surface area (Å²) >= 11 is 1.09. The molecule has 0 aliphatic carbocycles. The summed E-state index contributed by atoms with van der Waals surface area (Å²) in [6, 6.07) is 5.95. The molecule has 0 spiro atoms. The van der Waals surface area contributed by atoms with Crippen molar-refractivity contribution in [1.82, 2.24) is 10.2 Å². The van der Waals surface area contributed by atoms with E-state index in [4.69, 9.17) is 9.84 Å². The molecule has 2 heterocycles. The lowest BCUT2D eigenvalue weighted by molar-refractivity contribution is -0.138. The van der Waals surface area contributed by atoms with Gasteiger partial charge in [-0.2, -0.15) is 5.10 Å². The highest BCUT2D eigenvalue weighted by Crippen LogP contribution is 2.24. The first-order chi connectivity index (χ1) is 14.0. The van der Waals surface area contributed by atoms with Gasteiger partial charge in [-0.3, -0.25) is 14.5 Å². The van der Waals surface area contributed by atoms with E-state index >= 15 is 0 Å². The van der Waals surface area contributed by atoms with Crippen LogP contribution >= 0.6 is 11.8 Å². The molecule has 1 unspecified atom stereocenters. The third-order valence-corrected chi connectivity index (χ3v) is 5.70. The van der Waals surface area contributed by atoms with Gasteiger partial charge in [-0.25, -0.2) is 0 Å². The van der Waals surface area contributed by atoms with E-state index in [1.165, 1.54) is 12.8 Å². The predicted molar refractivity (Wildman–Crippen MR) is 114 cm³/mol. The van der Waals surface area contributed by atoms with Crippen molar-refractivity contribution >= 4 is 35.0 Å². The van der Waals surface area contributed by atoms with Gasteiger partial charge in [0.05, 0.1) is 19.2 Å². The van der Waals surface area contributed by atoms with E-state index in [1.54, 1.807) is 6.21 Å². The van der Waals surface area contributed by atoms with Gasteiger partial charge in [0.2, 0.25) is 5.91 Å². The van der Waals surface area contributed by atoms with E-state index in [9.17, 15) is 9.59 Å². The van der Waals surface area contributed by atoms with E-state index < -0.39 is 11.2 Å². The highest BCUT2D eigenvalue weighted by molar-refractivity contribution is 8.15. The quantitative estimate of drug-likeness (QED) is 0.472. The third-order valence-electron chi connectivity index (χ3n) is 4.63. The maximum atomic E-state index is 11.7. The summed E-state index contributed by atoms with van der Waals surface area (Å²) in [5, 5.41) is 19.1. The number of hydrogen-bond acceptors (Lipinski definition) is 7. The number of ether oxygens (including phenoxy) is 1. The first kappa shape index (κ1) is 21.3. The summed E-state index contributed by atoms with van der Waals surface area (Å²) in [6.45, 7) is 5.82. The van der Waals surface area contributed by atoms with E-state index in [0.717, 1.165) is 54.7 Å². The van der Waals surface area contributed by atoms with Gasteiger partial charge < -0.3 is 15.2 Å². The fraction of sp³-hybridized carbons (Fsp3) is 0.500. The van der Waals surface area contributed by atoms with Gasteiger partial charge in [0.1, 0.15) is 11.0 Å². The Balaban J connectivity index is 1.68. The van der Waals surface area contributed by atoms with Crippen molar-refractivity contribution in [2.24, 2.45) is 10.2 Å². The third kappa shape index (κ3) is 6.30. The van der Waals surface area contributed by atoms with Crippen molar-refractivity contribution in [3.8, 4) is 5.75 Å². The number of carbonyl (C=O) groups is 2. The minimum Gasteiger partial charge on any atom is -0.493 e. The van der Waals surface area contributed by atoms with Gasteiger partial charge in [-0.1, -0.05) is 18.7 Å². The van der Waals surface area contributed by atoms with Crippen LogP contribution in [-0.4, -0.2) is 58.2 Å². The van der Waals surface area contributed by atoms with Crippen LogP contribution in [0.5, 0.6) is 5.75 Å². The van der Waals surface area contributed by atoms with Gasteiger partial charge in [0, 0.05) is 12.1 Å². The lowest BCUT2D eigenvalue weighted by atomic mass is 10.1. The summed E-state index contributed by atoms with van der Waals surface area (Å²) in [4.78, 5) is 24.9. The smallest absolute Gasteiger partial charge is 0.305 e. The number of likely N-dealkylation sites (tertiary alicyclic amines) is 1. The molecule has 156 valence electrons. The largest absolute Gasteiger partial charge is 0.493 e. The van der Waals surface area contributed by atoms with Crippen LogP contribution in [0.1, 0.15) is 43.7 Å². The summed E-state index contributed by atoms with van der Waals surface area (Å²) in [5.41, 5.74) is 2.02. The molecule has 0 aromatic heterocycles. The Morgan fingerprint density at radius 3 is 2.93 bits per heavy atom. The molecule has 2 fully saturated rings. The molecule has 2 N–H and O–H groups in total. The van der Waals surface area contributed by atoms with Gasteiger partial charge in [-0.15, -0.1) is 5.10 Å². The molecular weight excluding hydrogens is 392 g/mol. The highest BCUT2D eigenvalue weighted by Gasteiger charge is 2.32. The van der Waals surface area contributed by atoms with Crippen LogP contribution < -0.4 is 10.1 Å². The molecule has 0 bridgehead atoms. The molecule has 1 amide bonds. The number of thioether (sulfide) groups is 1. The van der Waals surface area contributed by atoms with E-state index in [2.05, 4.69) is 33.4 Å². The monoisotopic (exact) mass is 418 g/mol. The van der Waals surface area contributed by atoms with Gasteiger partial charge in [-0.05, 0) is 56.1 Å². The van der Waals surface area contributed by atoms with Crippen molar-refractivity contribution in [1.29, 1.82) is 0 Å². The Labute approximate surface area is 174 Å². The molecule has 3 rings (SSSR count). The number of hydrogen-bond donors (Lipinski definition) is 2. The second-order valence-corrected chi connectivity index (χ2v) is 8.23. The molecular formula is C20H26N4O4S. The second-order valence-electron chi connectivity index (χ2n) is 7.04. The number of aliphatic carboxylic acids is 1. The number of benzene rings is 1. The number of carboxylic acids is 1. The fourth-order valence-electron chi connectivity index (χ4n) is 3.23. The maximum absolute atomic E-state index is 11.7. The Kier molecular flexibility index (Phi) is 7.65. The van der Waals surface area contributed by atoms with Crippen LogP contribution in [-0.2, 0) is 16.1 Å². The molecule has 1 aromatic carbocycles. The van der Waals surface area contributed by atoms with Gasteiger partial charge in [0.25, 0.3) is 0 Å². The Bertz CT molecular complexity index is 806. The molecule has 0 radical (unpaired) electrons. The Hall–Kier alpha value is -2.39. The fourth-order valence-corrected chi connectivity index (χ4v) is 4.15. The first-order valence-corrected chi connectivity index (χ1v) is 10.7. The van der Waals surface area contributed by atoms with Crippen LogP contribution in [0, 0.1) is 0 Å². The number of carboxylic acid groups (broad SMARTS) is 1. The summed E-state index contributed by atoms with van der Waals surface area (Å²) in [6.07, 6.45) is 4.81. The average molecular weight is 419 g/mol. The molecule has 1 aromatic rings. The van der Waals surface area contributed by atoms with E-state index in [0.29, 0.717) is 11.8 Å². The number of amidine groups is 1. The summed E-state index contributed by atoms with van der Waals surface area (Å²) in [5.74, 6) is -0.465. The molecule has 0 saturated carbocycles. The van der Waals surface area contributed by atoms with E-state index in [-0.39, 0.29) is 12.3 Å². The number of carbonyl (C=O) groups excluding carboxylic acids is 1. The van der Waals surface area contributed by atoms with Gasteiger partial charge >= 0.3 is 5.97 Å².